The standard InChI is InChI=1S/C7H11ClN4OS/c1-11(2)5(13)4-12(3)7-6(8)9-14-10-7/h4H2,1-3H3. The van der Waals surface area contributed by atoms with Crippen molar-refractivity contribution in [3.63, 3.8) is 0 Å². The molecule has 1 amide bonds. The Hall–Kier alpha value is -0.880. The average Bonchev–Trinajstić information content (AvgIpc) is 2.51. The maximum atomic E-state index is 11.4. The number of carbonyl (C=O) groups is 1. The molecule has 0 saturated heterocycles. The van der Waals surface area contributed by atoms with E-state index >= 15 is 0 Å². The molecule has 0 spiro atoms. The highest BCUT2D eigenvalue weighted by Crippen LogP contribution is 2.21. The van der Waals surface area contributed by atoms with E-state index in [1.807, 2.05) is 0 Å². The lowest BCUT2D eigenvalue weighted by Gasteiger charge is -2.18. The Labute approximate surface area is 91.6 Å². The quantitative estimate of drug-likeness (QED) is 0.773. The molecule has 0 atom stereocenters. The topological polar surface area (TPSA) is 49.3 Å². The van der Waals surface area contributed by atoms with Crippen molar-refractivity contribution in [3.05, 3.63) is 5.15 Å². The maximum absolute atomic E-state index is 11.4. The summed E-state index contributed by atoms with van der Waals surface area (Å²) in [7, 11) is 5.16. The van der Waals surface area contributed by atoms with Gasteiger partial charge in [0.1, 0.15) is 0 Å². The van der Waals surface area contributed by atoms with Gasteiger partial charge in [0, 0.05) is 21.1 Å². The summed E-state index contributed by atoms with van der Waals surface area (Å²) in [6.45, 7) is 0.248. The van der Waals surface area contributed by atoms with Crippen LogP contribution in [0.25, 0.3) is 0 Å². The van der Waals surface area contributed by atoms with Crippen LogP contribution in [0.4, 0.5) is 5.82 Å². The Morgan fingerprint density at radius 3 is 2.50 bits per heavy atom. The van der Waals surface area contributed by atoms with Crippen LogP contribution >= 0.6 is 23.3 Å². The maximum Gasteiger partial charge on any atom is 0.241 e. The van der Waals surface area contributed by atoms with E-state index in [1.54, 1.807) is 26.0 Å². The van der Waals surface area contributed by atoms with Gasteiger partial charge in [-0.3, -0.25) is 4.79 Å². The van der Waals surface area contributed by atoms with Crippen LogP contribution in [-0.2, 0) is 4.79 Å². The van der Waals surface area contributed by atoms with E-state index in [0.29, 0.717) is 11.0 Å². The molecule has 0 aromatic carbocycles. The van der Waals surface area contributed by atoms with Gasteiger partial charge in [-0.2, -0.15) is 8.75 Å². The monoisotopic (exact) mass is 234 g/mol. The van der Waals surface area contributed by atoms with E-state index in [2.05, 4.69) is 8.75 Å². The zero-order valence-electron chi connectivity index (χ0n) is 8.19. The second kappa shape index (κ2) is 4.56. The molecule has 14 heavy (non-hydrogen) atoms. The zero-order chi connectivity index (χ0) is 10.7. The summed E-state index contributed by atoms with van der Waals surface area (Å²) in [6.07, 6.45) is 0. The molecule has 0 N–H and O–H groups in total. The lowest BCUT2D eigenvalue weighted by Crippen LogP contribution is -2.34. The number of hydrogen-bond acceptors (Lipinski definition) is 5. The third kappa shape index (κ3) is 2.55. The highest BCUT2D eigenvalue weighted by molar-refractivity contribution is 6.99. The van der Waals surface area contributed by atoms with Crippen LogP contribution in [-0.4, -0.2) is 47.2 Å². The van der Waals surface area contributed by atoms with E-state index < -0.39 is 0 Å². The molecule has 0 saturated carbocycles. The summed E-state index contributed by atoms with van der Waals surface area (Å²) in [5.41, 5.74) is 0. The largest absolute Gasteiger partial charge is 0.347 e. The van der Waals surface area contributed by atoms with E-state index in [9.17, 15) is 4.79 Å². The fourth-order valence-corrected chi connectivity index (χ4v) is 1.65. The van der Waals surface area contributed by atoms with Crippen molar-refractivity contribution in [1.82, 2.24) is 13.6 Å². The van der Waals surface area contributed by atoms with Crippen molar-refractivity contribution < 1.29 is 4.79 Å². The minimum atomic E-state index is -0.00318. The van der Waals surface area contributed by atoms with Crippen LogP contribution in [0.5, 0.6) is 0 Å². The molecule has 1 aromatic rings. The normalized spacial score (nSPS) is 10.0. The van der Waals surface area contributed by atoms with Gasteiger partial charge in [0.2, 0.25) is 5.91 Å². The van der Waals surface area contributed by atoms with Crippen molar-refractivity contribution in [2.75, 3.05) is 32.6 Å². The molecule has 1 heterocycles. The second-order valence-corrected chi connectivity index (χ2v) is 3.91. The van der Waals surface area contributed by atoms with Gasteiger partial charge in [0.15, 0.2) is 11.0 Å². The number of rotatable bonds is 3. The summed E-state index contributed by atoms with van der Waals surface area (Å²) in [4.78, 5) is 14.5. The van der Waals surface area contributed by atoms with E-state index in [1.165, 1.54) is 4.90 Å². The van der Waals surface area contributed by atoms with Crippen molar-refractivity contribution >= 4 is 35.1 Å². The molecule has 0 radical (unpaired) electrons. The molecule has 7 heteroatoms. The van der Waals surface area contributed by atoms with Crippen molar-refractivity contribution in [3.8, 4) is 0 Å². The van der Waals surface area contributed by atoms with E-state index in [0.717, 1.165) is 11.7 Å². The molecule has 5 nitrogen and oxygen atoms in total. The first-order valence-electron chi connectivity index (χ1n) is 3.91. The van der Waals surface area contributed by atoms with Gasteiger partial charge in [-0.1, -0.05) is 11.6 Å². The number of likely N-dealkylation sites (N-methyl/N-ethyl adjacent to an activating group) is 2. The van der Waals surface area contributed by atoms with Crippen LogP contribution in [0.15, 0.2) is 0 Å². The molecule has 1 rings (SSSR count). The number of anilines is 1. The highest BCUT2D eigenvalue weighted by atomic mass is 35.5. The number of carbonyl (C=O) groups excluding carboxylic acids is 1. The Balaban J connectivity index is 2.64. The minimum Gasteiger partial charge on any atom is -0.347 e. The van der Waals surface area contributed by atoms with Crippen molar-refractivity contribution in [2.24, 2.45) is 0 Å². The average molecular weight is 235 g/mol. The Morgan fingerprint density at radius 1 is 1.43 bits per heavy atom. The SMILES string of the molecule is CN(C)C(=O)CN(C)c1nsnc1Cl. The Bertz CT molecular complexity index is 327. The lowest BCUT2D eigenvalue weighted by molar-refractivity contribution is -0.127. The molecule has 78 valence electrons. The van der Waals surface area contributed by atoms with Crippen LogP contribution in [0, 0.1) is 0 Å². The van der Waals surface area contributed by atoms with Gasteiger partial charge in [0.05, 0.1) is 18.3 Å². The molecule has 0 aliphatic heterocycles. The number of hydrogen-bond donors (Lipinski definition) is 0. The first kappa shape index (κ1) is 11.2. The zero-order valence-corrected chi connectivity index (χ0v) is 9.76. The fourth-order valence-electron chi connectivity index (χ4n) is 0.820. The summed E-state index contributed by atoms with van der Waals surface area (Å²) >= 11 is 6.80. The summed E-state index contributed by atoms with van der Waals surface area (Å²) < 4.78 is 7.80. The third-order valence-corrected chi connectivity index (χ3v) is 2.54. The molecular weight excluding hydrogens is 224 g/mol. The number of nitrogens with zero attached hydrogens (tertiary/aromatic N) is 4. The molecule has 0 bridgehead atoms. The van der Waals surface area contributed by atoms with Crippen LogP contribution in [0.1, 0.15) is 0 Å². The smallest absolute Gasteiger partial charge is 0.241 e. The summed E-state index contributed by atoms with van der Waals surface area (Å²) in [6, 6.07) is 0. The van der Waals surface area contributed by atoms with Crippen molar-refractivity contribution in [1.29, 1.82) is 0 Å². The van der Waals surface area contributed by atoms with Crippen LogP contribution < -0.4 is 4.90 Å². The third-order valence-electron chi connectivity index (χ3n) is 1.67. The second-order valence-electron chi connectivity index (χ2n) is 3.02. The van der Waals surface area contributed by atoms with Crippen LogP contribution in [0.3, 0.4) is 0 Å². The van der Waals surface area contributed by atoms with Crippen LogP contribution in [0.2, 0.25) is 5.15 Å². The highest BCUT2D eigenvalue weighted by Gasteiger charge is 2.14. The molecule has 0 aliphatic carbocycles. The van der Waals surface area contributed by atoms with Gasteiger partial charge in [-0.05, 0) is 0 Å². The molecular formula is C7H11ClN4OS. The van der Waals surface area contributed by atoms with Gasteiger partial charge in [-0.25, -0.2) is 0 Å². The number of halogens is 1. The summed E-state index contributed by atoms with van der Waals surface area (Å²) in [5.74, 6) is 0.545. The number of amides is 1. The van der Waals surface area contributed by atoms with Gasteiger partial charge < -0.3 is 9.80 Å². The number of aromatic nitrogens is 2. The lowest BCUT2D eigenvalue weighted by atomic mass is 10.5. The molecule has 0 unspecified atom stereocenters. The van der Waals surface area contributed by atoms with Crippen molar-refractivity contribution in [2.45, 2.75) is 0 Å². The first-order valence-corrected chi connectivity index (χ1v) is 5.02. The van der Waals surface area contributed by atoms with Gasteiger partial charge in [-0.15, -0.1) is 0 Å². The first-order chi connectivity index (χ1) is 6.52. The molecule has 1 aromatic heterocycles. The van der Waals surface area contributed by atoms with E-state index in [4.69, 9.17) is 11.6 Å². The fraction of sp³-hybridized carbons (Fsp3) is 0.571. The predicted molar refractivity (Wildman–Crippen MR) is 56.9 cm³/mol. The minimum absolute atomic E-state index is 0.00318. The van der Waals surface area contributed by atoms with Gasteiger partial charge in [0.25, 0.3) is 0 Å². The molecule has 0 fully saturated rings. The van der Waals surface area contributed by atoms with E-state index in [-0.39, 0.29) is 12.5 Å². The summed E-state index contributed by atoms with van der Waals surface area (Å²) in [5, 5.41) is 0.337. The predicted octanol–water partition coefficient (Wildman–Crippen LogP) is 0.716. The Morgan fingerprint density at radius 2 is 2.07 bits per heavy atom. The van der Waals surface area contributed by atoms with Gasteiger partial charge >= 0.3 is 0 Å². The molecule has 0 aliphatic rings. The Kier molecular flexibility index (Phi) is 3.65.